The quantitative estimate of drug-likeness (QED) is 0.895. The van der Waals surface area contributed by atoms with Crippen molar-refractivity contribution in [2.24, 2.45) is 5.92 Å². The van der Waals surface area contributed by atoms with E-state index >= 15 is 0 Å². The maximum Gasteiger partial charge on any atom is 0.356 e. The van der Waals surface area contributed by atoms with Crippen LogP contribution in [0.25, 0.3) is 11.3 Å². The number of carboxylic acid groups (broad SMARTS) is 1. The van der Waals surface area contributed by atoms with Gasteiger partial charge in [-0.2, -0.15) is 5.10 Å². The van der Waals surface area contributed by atoms with E-state index in [4.69, 9.17) is 5.11 Å². The molecule has 0 saturated heterocycles. The summed E-state index contributed by atoms with van der Waals surface area (Å²) in [7, 11) is 0. The van der Waals surface area contributed by atoms with Crippen LogP contribution in [0.1, 0.15) is 30.8 Å². The molecule has 1 N–H and O–H groups in total. The van der Waals surface area contributed by atoms with Gasteiger partial charge in [0.15, 0.2) is 5.69 Å². The van der Waals surface area contributed by atoms with Crippen molar-refractivity contribution in [2.75, 3.05) is 0 Å². The van der Waals surface area contributed by atoms with E-state index < -0.39 is 5.97 Å². The highest BCUT2D eigenvalue weighted by molar-refractivity contribution is 5.87. The van der Waals surface area contributed by atoms with Crippen LogP contribution in [0.15, 0.2) is 36.4 Å². The van der Waals surface area contributed by atoms with Gasteiger partial charge < -0.3 is 5.11 Å². The van der Waals surface area contributed by atoms with E-state index in [0.717, 1.165) is 24.2 Å². The maximum absolute atomic E-state index is 11.1. The molecule has 0 bridgehead atoms. The summed E-state index contributed by atoms with van der Waals surface area (Å²) in [4.78, 5) is 11.1. The average Bonchev–Trinajstić information content (AvgIpc) is 2.81. The summed E-state index contributed by atoms with van der Waals surface area (Å²) >= 11 is 0. The van der Waals surface area contributed by atoms with Gasteiger partial charge in [0.2, 0.25) is 0 Å². The third kappa shape index (κ3) is 3.22. The zero-order valence-electron chi connectivity index (χ0n) is 11.2. The Labute approximate surface area is 112 Å². The molecular formula is C15H18N2O2. The number of hydrogen-bond donors (Lipinski definition) is 1. The molecule has 2 aromatic rings. The summed E-state index contributed by atoms with van der Waals surface area (Å²) in [6, 6.07) is 11.4. The van der Waals surface area contributed by atoms with Crippen LogP contribution in [0.5, 0.6) is 0 Å². The van der Waals surface area contributed by atoms with Crippen LogP contribution >= 0.6 is 0 Å². The van der Waals surface area contributed by atoms with Gasteiger partial charge in [-0.3, -0.25) is 4.68 Å². The van der Waals surface area contributed by atoms with E-state index in [-0.39, 0.29) is 5.69 Å². The Balaban J connectivity index is 2.37. The lowest BCUT2D eigenvalue weighted by molar-refractivity contribution is 0.0689. The number of benzene rings is 1. The molecule has 0 aliphatic carbocycles. The first-order valence-electron chi connectivity index (χ1n) is 6.44. The van der Waals surface area contributed by atoms with Crippen molar-refractivity contribution in [3.63, 3.8) is 0 Å². The third-order valence-electron chi connectivity index (χ3n) is 2.99. The molecule has 0 radical (unpaired) electrons. The van der Waals surface area contributed by atoms with Crippen LogP contribution in [0.4, 0.5) is 0 Å². The maximum atomic E-state index is 11.1. The Kier molecular flexibility index (Phi) is 4.00. The lowest BCUT2D eigenvalue weighted by atomic mass is 10.1. The minimum atomic E-state index is -0.986. The van der Waals surface area contributed by atoms with Gasteiger partial charge in [-0.1, -0.05) is 44.2 Å². The summed E-state index contributed by atoms with van der Waals surface area (Å²) in [6.45, 7) is 5.02. The Morgan fingerprint density at radius 1 is 1.32 bits per heavy atom. The van der Waals surface area contributed by atoms with Crippen molar-refractivity contribution in [2.45, 2.75) is 26.8 Å². The SMILES string of the molecule is CC(C)CCn1nc(C(=O)O)cc1-c1ccccc1. The Morgan fingerprint density at radius 2 is 2.00 bits per heavy atom. The van der Waals surface area contributed by atoms with Gasteiger partial charge in [0.1, 0.15) is 0 Å². The van der Waals surface area contributed by atoms with Gasteiger partial charge in [0, 0.05) is 6.54 Å². The molecule has 100 valence electrons. The standard InChI is InChI=1S/C15H18N2O2/c1-11(2)8-9-17-14(10-13(16-17)15(18)19)12-6-4-3-5-7-12/h3-7,10-11H,8-9H2,1-2H3,(H,18,19). The summed E-state index contributed by atoms with van der Waals surface area (Å²) < 4.78 is 1.79. The van der Waals surface area contributed by atoms with Crippen LogP contribution in [0.2, 0.25) is 0 Å². The summed E-state index contributed by atoms with van der Waals surface area (Å²) in [5.41, 5.74) is 1.95. The number of aromatic carboxylic acids is 1. The molecule has 4 heteroatoms. The monoisotopic (exact) mass is 258 g/mol. The van der Waals surface area contributed by atoms with Crippen molar-refractivity contribution in [3.05, 3.63) is 42.1 Å². The minimum Gasteiger partial charge on any atom is -0.476 e. The summed E-state index contributed by atoms with van der Waals surface area (Å²) in [5.74, 6) is -0.429. The van der Waals surface area contributed by atoms with Crippen molar-refractivity contribution in [3.8, 4) is 11.3 Å². The number of aryl methyl sites for hydroxylation is 1. The van der Waals surface area contributed by atoms with Crippen LogP contribution in [-0.2, 0) is 6.54 Å². The van der Waals surface area contributed by atoms with Gasteiger partial charge >= 0.3 is 5.97 Å². The molecule has 4 nitrogen and oxygen atoms in total. The molecule has 1 heterocycles. The van der Waals surface area contributed by atoms with Gasteiger partial charge in [-0.25, -0.2) is 4.79 Å². The molecule has 0 aliphatic heterocycles. The molecule has 1 aromatic heterocycles. The fraction of sp³-hybridized carbons (Fsp3) is 0.333. The number of nitrogens with zero attached hydrogens (tertiary/aromatic N) is 2. The average molecular weight is 258 g/mol. The Morgan fingerprint density at radius 3 is 2.58 bits per heavy atom. The number of hydrogen-bond acceptors (Lipinski definition) is 2. The second-order valence-electron chi connectivity index (χ2n) is 4.99. The van der Waals surface area contributed by atoms with E-state index in [2.05, 4.69) is 18.9 Å². The van der Waals surface area contributed by atoms with E-state index in [1.54, 1.807) is 10.7 Å². The predicted molar refractivity (Wildman–Crippen MR) is 74.1 cm³/mol. The van der Waals surface area contributed by atoms with E-state index in [1.807, 2.05) is 30.3 Å². The molecule has 1 aromatic carbocycles. The normalized spacial score (nSPS) is 10.9. The number of aromatic nitrogens is 2. The molecular weight excluding hydrogens is 240 g/mol. The second-order valence-corrected chi connectivity index (χ2v) is 4.99. The van der Waals surface area contributed by atoms with Gasteiger partial charge in [0.05, 0.1) is 5.69 Å². The van der Waals surface area contributed by atoms with E-state index in [0.29, 0.717) is 5.92 Å². The molecule has 0 spiro atoms. The van der Waals surface area contributed by atoms with Crippen LogP contribution < -0.4 is 0 Å². The smallest absolute Gasteiger partial charge is 0.356 e. The fourth-order valence-electron chi connectivity index (χ4n) is 1.91. The molecule has 2 rings (SSSR count). The highest BCUT2D eigenvalue weighted by Gasteiger charge is 2.14. The highest BCUT2D eigenvalue weighted by atomic mass is 16.4. The second kappa shape index (κ2) is 5.69. The number of rotatable bonds is 5. The molecule has 19 heavy (non-hydrogen) atoms. The lowest BCUT2D eigenvalue weighted by Crippen LogP contribution is -2.06. The predicted octanol–water partition coefficient (Wildman–Crippen LogP) is 3.29. The first-order valence-corrected chi connectivity index (χ1v) is 6.44. The van der Waals surface area contributed by atoms with Crippen molar-refractivity contribution in [1.82, 2.24) is 9.78 Å². The summed E-state index contributed by atoms with van der Waals surface area (Å²) in [5, 5.41) is 13.2. The van der Waals surface area contributed by atoms with Gasteiger partial charge in [0.25, 0.3) is 0 Å². The first kappa shape index (κ1) is 13.3. The van der Waals surface area contributed by atoms with Crippen molar-refractivity contribution >= 4 is 5.97 Å². The topological polar surface area (TPSA) is 55.1 Å². The molecule has 0 fully saturated rings. The van der Waals surface area contributed by atoms with Crippen LogP contribution in [0, 0.1) is 5.92 Å². The molecule has 0 saturated carbocycles. The molecule has 0 atom stereocenters. The first-order chi connectivity index (χ1) is 9.08. The van der Waals surface area contributed by atoms with Gasteiger partial charge in [-0.15, -0.1) is 0 Å². The van der Waals surface area contributed by atoms with Crippen molar-refractivity contribution < 1.29 is 9.90 Å². The third-order valence-corrected chi connectivity index (χ3v) is 2.99. The minimum absolute atomic E-state index is 0.0996. The Hall–Kier alpha value is -2.10. The zero-order chi connectivity index (χ0) is 13.8. The molecule has 0 amide bonds. The molecule has 0 unspecified atom stereocenters. The van der Waals surface area contributed by atoms with Crippen LogP contribution in [-0.4, -0.2) is 20.9 Å². The fourth-order valence-corrected chi connectivity index (χ4v) is 1.91. The van der Waals surface area contributed by atoms with Crippen molar-refractivity contribution in [1.29, 1.82) is 0 Å². The zero-order valence-corrected chi connectivity index (χ0v) is 11.2. The molecule has 0 aliphatic rings. The highest BCUT2D eigenvalue weighted by Crippen LogP contribution is 2.21. The van der Waals surface area contributed by atoms with E-state index in [1.165, 1.54) is 0 Å². The Bertz CT molecular complexity index is 559. The lowest BCUT2D eigenvalue weighted by Gasteiger charge is -2.09. The number of carboxylic acids is 1. The van der Waals surface area contributed by atoms with Gasteiger partial charge in [-0.05, 0) is 24.0 Å². The summed E-state index contributed by atoms with van der Waals surface area (Å²) in [6.07, 6.45) is 0.973. The van der Waals surface area contributed by atoms with Crippen LogP contribution in [0.3, 0.4) is 0 Å². The largest absolute Gasteiger partial charge is 0.476 e. The van der Waals surface area contributed by atoms with E-state index in [9.17, 15) is 4.79 Å². The number of carbonyl (C=O) groups is 1.